The number of rotatable bonds is 4. The van der Waals surface area contributed by atoms with E-state index < -0.39 is 0 Å². The Balaban J connectivity index is 2.03. The highest BCUT2D eigenvalue weighted by Gasteiger charge is 2.11. The van der Waals surface area contributed by atoms with Gasteiger partial charge in [-0.2, -0.15) is 5.10 Å². The third kappa shape index (κ3) is 3.43. The molecule has 0 amide bonds. The van der Waals surface area contributed by atoms with Crippen molar-refractivity contribution >= 4 is 0 Å². The molecule has 0 fully saturated rings. The van der Waals surface area contributed by atoms with Gasteiger partial charge in [0.15, 0.2) is 0 Å². The first-order valence-corrected chi connectivity index (χ1v) is 6.17. The second-order valence-corrected chi connectivity index (χ2v) is 5.56. The molecular formula is C13H21N5. The van der Waals surface area contributed by atoms with Gasteiger partial charge in [0.25, 0.3) is 0 Å². The summed E-state index contributed by atoms with van der Waals surface area (Å²) in [6.07, 6.45) is 5.79. The van der Waals surface area contributed by atoms with E-state index in [-0.39, 0.29) is 5.54 Å². The van der Waals surface area contributed by atoms with E-state index in [0.717, 1.165) is 24.6 Å². The third-order valence-corrected chi connectivity index (χ3v) is 2.68. The Morgan fingerprint density at radius 1 is 1.28 bits per heavy atom. The van der Waals surface area contributed by atoms with E-state index in [4.69, 9.17) is 0 Å². The van der Waals surface area contributed by atoms with Crippen molar-refractivity contribution in [1.82, 2.24) is 24.6 Å². The van der Waals surface area contributed by atoms with Crippen LogP contribution < -0.4 is 5.32 Å². The van der Waals surface area contributed by atoms with E-state index in [0.29, 0.717) is 0 Å². The summed E-state index contributed by atoms with van der Waals surface area (Å²) in [6.45, 7) is 7.99. The first kappa shape index (κ1) is 12.8. The van der Waals surface area contributed by atoms with Crippen LogP contribution in [0.4, 0.5) is 0 Å². The summed E-state index contributed by atoms with van der Waals surface area (Å²) >= 11 is 0. The zero-order chi connectivity index (χ0) is 13.2. The van der Waals surface area contributed by atoms with Gasteiger partial charge in [0.05, 0.1) is 18.8 Å². The van der Waals surface area contributed by atoms with E-state index in [2.05, 4.69) is 40.7 Å². The average molecular weight is 247 g/mol. The van der Waals surface area contributed by atoms with Gasteiger partial charge in [0.1, 0.15) is 5.82 Å². The van der Waals surface area contributed by atoms with Crippen molar-refractivity contribution in [3.05, 3.63) is 36.2 Å². The van der Waals surface area contributed by atoms with Crippen LogP contribution in [0.3, 0.4) is 0 Å². The van der Waals surface area contributed by atoms with Crippen molar-refractivity contribution in [2.24, 2.45) is 7.05 Å². The maximum absolute atomic E-state index is 4.39. The lowest BCUT2D eigenvalue weighted by Gasteiger charge is -2.20. The Hall–Kier alpha value is -1.62. The van der Waals surface area contributed by atoms with Crippen LogP contribution in [-0.2, 0) is 20.1 Å². The number of aromatic nitrogens is 4. The van der Waals surface area contributed by atoms with E-state index in [1.54, 1.807) is 0 Å². The van der Waals surface area contributed by atoms with Gasteiger partial charge in [-0.1, -0.05) is 0 Å². The van der Waals surface area contributed by atoms with Crippen LogP contribution >= 0.6 is 0 Å². The van der Waals surface area contributed by atoms with E-state index >= 15 is 0 Å². The minimum atomic E-state index is 0.0990. The molecule has 0 bridgehead atoms. The van der Waals surface area contributed by atoms with Crippen molar-refractivity contribution in [3.8, 4) is 0 Å². The summed E-state index contributed by atoms with van der Waals surface area (Å²) in [5.74, 6) is 1.04. The van der Waals surface area contributed by atoms with Crippen LogP contribution in [0, 0.1) is 0 Å². The van der Waals surface area contributed by atoms with Crippen LogP contribution in [-0.4, -0.2) is 24.9 Å². The highest BCUT2D eigenvalue weighted by atomic mass is 15.3. The molecule has 0 spiro atoms. The molecule has 0 radical (unpaired) electrons. The van der Waals surface area contributed by atoms with Crippen molar-refractivity contribution in [1.29, 1.82) is 0 Å². The number of hydrogen-bond acceptors (Lipinski definition) is 3. The second kappa shape index (κ2) is 4.94. The molecule has 0 aliphatic heterocycles. The molecule has 2 heterocycles. The van der Waals surface area contributed by atoms with Crippen molar-refractivity contribution in [3.63, 3.8) is 0 Å². The van der Waals surface area contributed by atoms with Crippen LogP contribution in [0.5, 0.6) is 0 Å². The molecule has 98 valence electrons. The fourth-order valence-corrected chi connectivity index (χ4v) is 1.72. The van der Waals surface area contributed by atoms with Gasteiger partial charge in [-0.05, 0) is 26.8 Å². The normalized spacial score (nSPS) is 12.0. The first-order valence-electron chi connectivity index (χ1n) is 6.17. The smallest absolute Gasteiger partial charge is 0.123 e. The van der Waals surface area contributed by atoms with Gasteiger partial charge in [0, 0.05) is 31.2 Å². The quantitative estimate of drug-likeness (QED) is 0.891. The van der Waals surface area contributed by atoms with Crippen molar-refractivity contribution < 1.29 is 0 Å². The standard InChI is InChI=1S/C13H21N5/c1-13(2,3)15-9-12-14-6-8-18(12)10-11-5-7-17(4)16-11/h5-8,15H,9-10H2,1-4H3. The fourth-order valence-electron chi connectivity index (χ4n) is 1.72. The molecule has 0 aliphatic rings. The van der Waals surface area contributed by atoms with Gasteiger partial charge < -0.3 is 9.88 Å². The molecule has 2 aromatic rings. The molecule has 5 nitrogen and oxygen atoms in total. The highest BCUT2D eigenvalue weighted by molar-refractivity contribution is 5.03. The summed E-state index contributed by atoms with van der Waals surface area (Å²) in [4.78, 5) is 4.39. The molecule has 0 atom stereocenters. The van der Waals surface area contributed by atoms with Crippen LogP contribution in [0.2, 0.25) is 0 Å². The van der Waals surface area contributed by atoms with E-state index in [1.165, 1.54) is 0 Å². The predicted octanol–water partition coefficient (Wildman–Crippen LogP) is 1.55. The van der Waals surface area contributed by atoms with Gasteiger partial charge in [-0.3, -0.25) is 4.68 Å². The number of hydrogen-bond donors (Lipinski definition) is 1. The maximum Gasteiger partial charge on any atom is 0.123 e. The maximum atomic E-state index is 4.39. The molecular weight excluding hydrogens is 226 g/mol. The first-order chi connectivity index (χ1) is 8.44. The second-order valence-electron chi connectivity index (χ2n) is 5.56. The summed E-state index contributed by atoms with van der Waals surface area (Å²) in [7, 11) is 1.93. The van der Waals surface area contributed by atoms with E-state index in [9.17, 15) is 0 Å². The number of aryl methyl sites for hydroxylation is 1. The van der Waals surface area contributed by atoms with Gasteiger partial charge in [-0.25, -0.2) is 4.98 Å². The zero-order valence-corrected chi connectivity index (χ0v) is 11.5. The average Bonchev–Trinajstić information content (AvgIpc) is 2.85. The Morgan fingerprint density at radius 3 is 2.67 bits per heavy atom. The largest absolute Gasteiger partial charge is 0.328 e. The van der Waals surface area contributed by atoms with E-state index in [1.807, 2.05) is 36.4 Å². The molecule has 0 aromatic carbocycles. The monoisotopic (exact) mass is 247 g/mol. The lowest BCUT2D eigenvalue weighted by atomic mass is 10.1. The van der Waals surface area contributed by atoms with Gasteiger partial charge in [-0.15, -0.1) is 0 Å². The minimum absolute atomic E-state index is 0.0990. The Labute approximate surface area is 108 Å². The fraction of sp³-hybridized carbons (Fsp3) is 0.538. The number of imidazole rings is 1. The van der Waals surface area contributed by atoms with Crippen molar-refractivity contribution in [2.45, 2.75) is 39.4 Å². The summed E-state index contributed by atoms with van der Waals surface area (Å²) < 4.78 is 3.94. The van der Waals surface area contributed by atoms with Crippen LogP contribution in [0.1, 0.15) is 32.3 Å². The SMILES string of the molecule is Cn1ccc(Cn2ccnc2CNC(C)(C)C)n1. The molecule has 0 unspecified atom stereocenters. The summed E-state index contributed by atoms with van der Waals surface area (Å²) in [6, 6.07) is 2.03. The molecule has 0 saturated carbocycles. The van der Waals surface area contributed by atoms with Crippen LogP contribution in [0.25, 0.3) is 0 Å². The third-order valence-electron chi connectivity index (χ3n) is 2.68. The number of nitrogens with zero attached hydrogens (tertiary/aromatic N) is 4. The number of nitrogens with one attached hydrogen (secondary N) is 1. The molecule has 0 aliphatic carbocycles. The van der Waals surface area contributed by atoms with Crippen molar-refractivity contribution in [2.75, 3.05) is 0 Å². The molecule has 2 rings (SSSR count). The summed E-state index contributed by atoms with van der Waals surface area (Å²) in [5, 5.41) is 7.83. The summed E-state index contributed by atoms with van der Waals surface area (Å²) in [5.41, 5.74) is 1.15. The zero-order valence-electron chi connectivity index (χ0n) is 11.5. The topological polar surface area (TPSA) is 47.7 Å². The van der Waals surface area contributed by atoms with Gasteiger partial charge >= 0.3 is 0 Å². The van der Waals surface area contributed by atoms with Crippen LogP contribution in [0.15, 0.2) is 24.7 Å². The predicted molar refractivity (Wildman–Crippen MR) is 71.1 cm³/mol. The Kier molecular flexibility index (Phi) is 3.52. The molecule has 18 heavy (non-hydrogen) atoms. The molecule has 1 N–H and O–H groups in total. The highest BCUT2D eigenvalue weighted by Crippen LogP contribution is 2.06. The lowest BCUT2D eigenvalue weighted by Crippen LogP contribution is -2.36. The molecule has 0 saturated heterocycles. The lowest BCUT2D eigenvalue weighted by molar-refractivity contribution is 0.413. The molecule has 5 heteroatoms. The minimum Gasteiger partial charge on any atom is -0.328 e. The molecule has 2 aromatic heterocycles. The Morgan fingerprint density at radius 2 is 2.06 bits per heavy atom. The Bertz CT molecular complexity index is 503. The van der Waals surface area contributed by atoms with Gasteiger partial charge in [0.2, 0.25) is 0 Å².